The molecule has 1 fully saturated rings. The number of hydrogen-bond donors (Lipinski definition) is 2. The second kappa shape index (κ2) is 12.0. The van der Waals surface area contributed by atoms with Crippen molar-refractivity contribution in [2.75, 3.05) is 6.61 Å². The van der Waals surface area contributed by atoms with Gasteiger partial charge in [-0.25, -0.2) is 19.4 Å². The van der Waals surface area contributed by atoms with E-state index in [2.05, 4.69) is 25.6 Å². The van der Waals surface area contributed by atoms with E-state index in [1.165, 1.54) is 0 Å². The molecule has 0 spiro atoms. The van der Waals surface area contributed by atoms with Crippen LogP contribution >= 0.6 is 11.6 Å². The Morgan fingerprint density at radius 3 is 2.81 bits per heavy atom. The molecule has 4 rings (SSSR count). The van der Waals surface area contributed by atoms with Crippen LogP contribution in [0.4, 0.5) is 4.79 Å². The number of ether oxygens (including phenoxy) is 2. The summed E-state index contributed by atoms with van der Waals surface area (Å²) in [5.41, 5.74) is 2.99. The molecule has 1 aliphatic rings. The number of amides is 1. The molecule has 0 bridgehead atoms. The molecule has 0 saturated heterocycles. The molecule has 0 aliphatic heterocycles. The number of hydrogen-bond acceptors (Lipinski definition) is 8. The molecule has 0 radical (unpaired) electrons. The Balaban J connectivity index is 1.37. The Kier molecular flexibility index (Phi) is 8.54. The number of carboxylic acid groups (broad SMARTS) is 1. The zero-order valence-corrected chi connectivity index (χ0v) is 21.4. The zero-order valence-electron chi connectivity index (χ0n) is 20.7. The lowest BCUT2D eigenvalue weighted by Gasteiger charge is -2.28. The molecule has 1 aliphatic carbocycles. The number of carboxylic acids is 1. The second-order valence-electron chi connectivity index (χ2n) is 8.97. The summed E-state index contributed by atoms with van der Waals surface area (Å²) in [5, 5.41) is 20.8. The third kappa shape index (κ3) is 6.53. The third-order valence-corrected chi connectivity index (χ3v) is 6.84. The Bertz CT molecular complexity index is 1270. The number of carbonyl (C=O) groups excluding carboxylic acids is 1. The van der Waals surface area contributed by atoms with Crippen LogP contribution in [0.1, 0.15) is 42.6 Å². The van der Waals surface area contributed by atoms with E-state index >= 15 is 0 Å². The summed E-state index contributed by atoms with van der Waals surface area (Å²) in [6.45, 7) is 2.27. The fraction of sp³-hybridized carbons (Fsp3) is 0.440. The van der Waals surface area contributed by atoms with Crippen LogP contribution < -0.4 is 10.1 Å². The van der Waals surface area contributed by atoms with Crippen molar-refractivity contribution < 1.29 is 24.2 Å². The number of aryl methyl sites for hydroxylation is 2. The first-order chi connectivity index (χ1) is 17.8. The Morgan fingerprint density at radius 1 is 1.24 bits per heavy atom. The normalized spacial score (nSPS) is 17.3. The van der Waals surface area contributed by atoms with Gasteiger partial charge >= 0.3 is 12.1 Å². The number of pyridine rings is 2. The van der Waals surface area contributed by atoms with Crippen molar-refractivity contribution in [1.29, 1.82) is 0 Å². The van der Waals surface area contributed by atoms with E-state index in [1.54, 1.807) is 42.2 Å². The molecule has 11 nitrogen and oxygen atoms in total. The van der Waals surface area contributed by atoms with Crippen LogP contribution in [0.3, 0.4) is 0 Å². The SMILES string of the molecule is Cc1nc(-c2nnn(C)c2CNC(=O)OCc2cccnc2Cl)ccc1OCC1CCCCC1C(=O)O. The van der Waals surface area contributed by atoms with Gasteiger partial charge in [0, 0.05) is 24.7 Å². The first kappa shape index (κ1) is 26.3. The molecule has 1 saturated carbocycles. The van der Waals surface area contributed by atoms with E-state index < -0.39 is 12.1 Å². The molecule has 1 amide bonds. The van der Waals surface area contributed by atoms with Crippen molar-refractivity contribution in [3.05, 3.63) is 52.6 Å². The van der Waals surface area contributed by atoms with Crippen LogP contribution in [-0.4, -0.2) is 48.7 Å². The fourth-order valence-electron chi connectivity index (χ4n) is 4.41. The quantitative estimate of drug-likeness (QED) is 0.395. The lowest BCUT2D eigenvalue weighted by atomic mass is 9.80. The number of alkyl carbamates (subject to hydrolysis) is 1. The summed E-state index contributed by atoms with van der Waals surface area (Å²) in [5.74, 6) is -0.549. The van der Waals surface area contributed by atoms with Crippen molar-refractivity contribution in [3.8, 4) is 17.1 Å². The number of carbonyl (C=O) groups is 2. The highest BCUT2D eigenvalue weighted by Crippen LogP contribution is 2.32. The fourth-order valence-corrected chi connectivity index (χ4v) is 4.59. The highest BCUT2D eigenvalue weighted by Gasteiger charge is 2.31. The van der Waals surface area contributed by atoms with Gasteiger partial charge in [-0.1, -0.05) is 35.7 Å². The number of rotatable bonds is 9. The van der Waals surface area contributed by atoms with Crippen LogP contribution in [0, 0.1) is 18.8 Å². The van der Waals surface area contributed by atoms with Crippen LogP contribution in [-0.2, 0) is 29.7 Å². The highest BCUT2D eigenvalue weighted by molar-refractivity contribution is 6.30. The van der Waals surface area contributed by atoms with Crippen molar-refractivity contribution in [2.45, 2.75) is 45.8 Å². The van der Waals surface area contributed by atoms with Crippen LogP contribution in [0.2, 0.25) is 5.15 Å². The Hall–Kier alpha value is -3.73. The lowest BCUT2D eigenvalue weighted by molar-refractivity contribution is -0.145. The van der Waals surface area contributed by atoms with Gasteiger partial charge in [0.15, 0.2) is 0 Å². The minimum absolute atomic E-state index is 0.00865. The molecule has 2 N–H and O–H groups in total. The van der Waals surface area contributed by atoms with E-state index in [0.717, 1.165) is 19.3 Å². The second-order valence-corrected chi connectivity index (χ2v) is 9.33. The van der Waals surface area contributed by atoms with Crippen LogP contribution in [0.5, 0.6) is 5.75 Å². The van der Waals surface area contributed by atoms with Gasteiger partial charge < -0.3 is 19.9 Å². The van der Waals surface area contributed by atoms with Crippen molar-refractivity contribution >= 4 is 23.7 Å². The molecule has 3 heterocycles. The standard InChI is InChI=1S/C25H29ClN6O5/c1-15-21(36-13-16-6-3-4-8-18(16)24(33)34)10-9-19(29-15)22-20(32(2)31-30-22)12-28-25(35)37-14-17-7-5-11-27-23(17)26/h5,7,9-11,16,18H,3-4,6,8,12-14H2,1-2H3,(H,28,35)(H,33,34). The van der Waals surface area contributed by atoms with Gasteiger partial charge in [-0.05, 0) is 38.0 Å². The maximum Gasteiger partial charge on any atom is 0.407 e. The summed E-state index contributed by atoms with van der Waals surface area (Å²) in [4.78, 5) is 32.4. The predicted molar refractivity (Wildman–Crippen MR) is 134 cm³/mol. The molecular formula is C25H29ClN6O5. The smallest absolute Gasteiger partial charge is 0.407 e. The minimum Gasteiger partial charge on any atom is -0.491 e. The molecule has 2 atom stereocenters. The molecular weight excluding hydrogens is 500 g/mol. The zero-order chi connectivity index (χ0) is 26.4. The van der Waals surface area contributed by atoms with Gasteiger partial charge in [-0.2, -0.15) is 0 Å². The third-order valence-electron chi connectivity index (χ3n) is 6.50. The van der Waals surface area contributed by atoms with E-state index in [0.29, 0.717) is 47.1 Å². The number of nitrogens with zero attached hydrogens (tertiary/aromatic N) is 5. The number of nitrogens with one attached hydrogen (secondary N) is 1. The topological polar surface area (TPSA) is 141 Å². The molecule has 0 aromatic carbocycles. The first-order valence-corrected chi connectivity index (χ1v) is 12.4. The van der Waals surface area contributed by atoms with Gasteiger partial charge in [-0.3, -0.25) is 4.79 Å². The van der Waals surface area contributed by atoms with Gasteiger partial charge in [0.05, 0.1) is 36.2 Å². The van der Waals surface area contributed by atoms with Crippen LogP contribution in [0.25, 0.3) is 11.4 Å². The van der Waals surface area contributed by atoms with Gasteiger partial charge in [0.25, 0.3) is 0 Å². The van der Waals surface area contributed by atoms with Gasteiger partial charge in [0.1, 0.15) is 23.2 Å². The average Bonchev–Trinajstić information content (AvgIpc) is 3.26. The van der Waals surface area contributed by atoms with Crippen molar-refractivity contribution in [3.63, 3.8) is 0 Å². The molecule has 12 heteroatoms. The summed E-state index contributed by atoms with van der Waals surface area (Å²) in [6.07, 6.45) is 4.42. The molecule has 3 aromatic heterocycles. The molecule has 2 unspecified atom stereocenters. The highest BCUT2D eigenvalue weighted by atomic mass is 35.5. The monoisotopic (exact) mass is 528 g/mol. The largest absolute Gasteiger partial charge is 0.491 e. The van der Waals surface area contributed by atoms with Gasteiger partial charge in [0.2, 0.25) is 0 Å². The van der Waals surface area contributed by atoms with Crippen LogP contribution in [0.15, 0.2) is 30.5 Å². The summed E-state index contributed by atoms with van der Waals surface area (Å²) >= 11 is 6.00. The molecule has 196 valence electrons. The first-order valence-electron chi connectivity index (χ1n) is 12.1. The van der Waals surface area contributed by atoms with Crippen molar-refractivity contribution in [2.24, 2.45) is 18.9 Å². The summed E-state index contributed by atoms with van der Waals surface area (Å²) in [7, 11) is 1.72. The molecule has 3 aromatic rings. The van der Waals surface area contributed by atoms with E-state index in [4.69, 9.17) is 21.1 Å². The van der Waals surface area contributed by atoms with Gasteiger partial charge in [-0.15, -0.1) is 5.10 Å². The Labute approximate surface area is 219 Å². The van der Waals surface area contributed by atoms with E-state index in [-0.39, 0.29) is 30.1 Å². The maximum atomic E-state index is 12.2. The summed E-state index contributed by atoms with van der Waals surface area (Å²) in [6, 6.07) is 7.01. The van der Waals surface area contributed by atoms with Crippen molar-refractivity contribution in [1.82, 2.24) is 30.3 Å². The maximum absolute atomic E-state index is 12.2. The predicted octanol–water partition coefficient (Wildman–Crippen LogP) is 3.93. The molecule has 37 heavy (non-hydrogen) atoms. The van der Waals surface area contributed by atoms with E-state index in [9.17, 15) is 14.7 Å². The number of halogens is 1. The van der Waals surface area contributed by atoms with E-state index in [1.807, 2.05) is 6.92 Å². The minimum atomic E-state index is -0.757. The average molecular weight is 529 g/mol. The lowest BCUT2D eigenvalue weighted by Crippen LogP contribution is -2.31. The summed E-state index contributed by atoms with van der Waals surface area (Å²) < 4.78 is 12.8. The number of aromatic nitrogens is 5. The Morgan fingerprint density at radius 2 is 2.05 bits per heavy atom. The number of aliphatic carboxylic acids is 1.